The van der Waals surface area contributed by atoms with Crippen LogP contribution in [0.4, 0.5) is 4.79 Å². The van der Waals surface area contributed by atoms with Gasteiger partial charge >= 0.3 is 12.1 Å². The summed E-state index contributed by atoms with van der Waals surface area (Å²) in [6.45, 7) is 0.593. The third kappa shape index (κ3) is 3.36. The first-order chi connectivity index (χ1) is 15.1. The van der Waals surface area contributed by atoms with Crippen molar-refractivity contribution in [1.82, 2.24) is 4.90 Å². The molecule has 0 saturated carbocycles. The molecule has 5 rings (SSSR count). The summed E-state index contributed by atoms with van der Waals surface area (Å²) in [5, 5.41) is 9.69. The van der Waals surface area contributed by atoms with Crippen molar-refractivity contribution in [2.45, 2.75) is 18.4 Å². The Morgan fingerprint density at radius 2 is 1.45 bits per heavy atom. The van der Waals surface area contributed by atoms with Gasteiger partial charge in [0.15, 0.2) is 0 Å². The second-order valence-electron chi connectivity index (χ2n) is 8.09. The summed E-state index contributed by atoms with van der Waals surface area (Å²) >= 11 is 0. The fourth-order valence-electron chi connectivity index (χ4n) is 5.00. The van der Waals surface area contributed by atoms with Crippen LogP contribution in [0, 0.1) is 5.92 Å². The van der Waals surface area contributed by atoms with Crippen molar-refractivity contribution in [3.05, 3.63) is 95.6 Å². The van der Waals surface area contributed by atoms with Crippen LogP contribution in [-0.4, -0.2) is 35.2 Å². The molecule has 1 saturated heterocycles. The topological polar surface area (TPSA) is 66.8 Å². The van der Waals surface area contributed by atoms with E-state index >= 15 is 0 Å². The highest BCUT2D eigenvalue weighted by atomic mass is 16.6. The number of nitrogens with zero attached hydrogens (tertiary/aromatic N) is 1. The van der Waals surface area contributed by atoms with Crippen LogP contribution in [0.15, 0.2) is 78.9 Å². The maximum absolute atomic E-state index is 13.1. The smallest absolute Gasteiger partial charge is 0.410 e. The summed E-state index contributed by atoms with van der Waals surface area (Å²) in [5.74, 6) is -1.55. The first kappa shape index (κ1) is 19.4. The molecule has 0 aromatic heterocycles. The van der Waals surface area contributed by atoms with E-state index in [0.29, 0.717) is 13.0 Å². The summed E-state index contributed by atoms with van der Waals surface area (Å²) < 4.78 is 5.80. The molecule has 2 aliphatic rings. The summed E-state index contributed by atoms with van der Waals surface area (Å²) in [5.41, 5.74) is 5.48. The molecule has 0 spiro atoms. The molecule has 1 N–H and O–H groups in total. The molecule has 0 bridgehead atoms. The quantitative estimate of drug-likeness (QED) is 0.647. The first-order valence-electron chi connectivity index (χ1n) is 10.5. The molecule has 31 heavy (non-hydrogen) atoms. The van der Waals surface area contributed by atoms with E-state index < -0.39 is 24.0 Å². The fourth-order valence-corrected chi connectivity index (χ4v) is 5.00. The predicted octanol–water partition coefficient (Wildman–Crippen LogP) is 5.08. The molecule has 1 heterocycles. The number of hydrogen-bond acceptors (Lipinski definition) is 3. The Bertz CT molecular complexity index is 1080. The van der Waals surface area contributed by atoms with Crippen molar-refractivity contribution in [3.8, 4) is 11.1 Å². The monoisotopic (exact) mass is 413 g/mol. The summed E-state index contributed by atoms with van der Waals surface area (Å²) in [6.07, 6.45) is -0.0431. The average Bonchev–Trinajstić information content (AvgIpc) is 3.38. The van der Waals surface area contributed by atoms with Crippen LogP contribution in [0.2, 0.25) is 0 Å². The van der Waals surface area contributed by atoms with Gasteiger partial charge in [-0.05, 0) is 34.2 Å². The number of carbonyl (C=O) groups excluding carboxylic acids is 1. The van der Waals surface area contributed by atoms with E-state index in [0.717, 1.165) is 16.7 Å². The normalized spacial score (nSPS) is 19.7. The van der Waals surface area contributed by atoms with Gasteiger partial charge in [-0.15, -0.1) is 0 Å². The average molecular weight is 413 g/mol. The first-order valence-corrected chi connectivity index (χ1v) is 10.5. The van der Waals surface area contributed by atoms with Crippen molar-refractivity contribution in [2.75, 3.05) is 13.2 Å². The zero-order valence-corrected chi connectivity index (χ0v) is 17.0. The van der Waals surface area contributed by atoms with E-state index in [4.69, 9.17) is 4.74 Å². The van der Waals surface area contributed by atoms with Crippen LogP contribution in [0.3, 0.4) is 0 Å². The van der Waals surface area contributed by atoms with Gasteiger partial charge in [0.1, 0.15) is 6.61 Å². The molecule has 5 heteroatoms. The molecule has 0 radical (unpaired) electrons. The predicted molar refractivity (Wildman–Crippen MR) is 117 cm³/mol. The van der Waals surface area contributed by atoms with Gasteiger partial charge in [-0.3, -0.25) is 4.79 Å². The Kier molecular flexibility index (Phi) is 4.94. The van der Waals surface area contributed by atoms with Gasteiger partial charge in [-0.2, -0.15) is 0 Å². The Balaban J connectivity index is 1.38. The van der Waals surface area contributed by atoms with Crippen molar-refractivity contribution in [3.63, 3.8) is 0 Å². The highest BCUT2D eigenvalue weighted by Crippen LogP contribution is 2.45. The van der Waals surface area contributed by atoms with Gasteiger partial charge < -0.3 is 14.7 Å². The van der Waals surface area contributed by atoms with Gasteiger partial charge in [0, 0.05) is 12.5 Å². The molecule has 5 nitrogen and oxygen atoms in total. The minimum absolute atomic E-state index is 0.0237. The van der Waals surface area contributed by atoms with Gasteiger partial charge in [0.05, 0.1) is 12.0 Å². The highest BCUT2D eigenvalue weighted by Gasteiger charge is 2.43. The van der Waals surface area contributed by atoms with Crippen molar-refractivity contribution in [2.24, 2.45) is 5.92 Å². The zero-order valence-electron chi connectivity index (χ0n) is 17.0. The Morgan fingerprint density at radius 1 is 0.871 bits per heavy atom. The van der Waals surface area contributed by atoms with Crippen LogP contribution in [0.25, 0.3) is 11.1 Å². The Labute approximate surface area is 180 Å². The second kappa shape index (κ2) is 7.91. The lowest BCUT2D eigenvalue weighted by atomic mass is 9.94. The number of ether oxygens (including phenoxy) is 1. The maximum atomic E-state index is 13.1. The molecule has 3 aromatic rings. The molecular weight excluding hydrogens is 390 g/mol. The van der Waals surface area contributed by atoms with Crippen LogP contribution in [0.5, 0.6) is 0 Å². The Hall–Kier alpha value is -3.60. The molecule has 1 aliphatic carbocycles. The third-order valence-corrected chi connectivity index (χ3v) is 6.43. The number of carbonyl (C=O) groups is 2. The second-order valence-corrected chi connectivity index (χ2v) is 8.09. The standard InChI is InChI=1S/C26H23NO4/c28-25(29)22-14-15-27(24(22)17-8-2-1-3-9-17)26(30)31-16-23-20-12-6-4-10-18(20)19-11-5-7-13-21(19)23/h1-13,22-24H,14-16H2,(H,28,29)/t22-,24+/m0/s1. The summed E-state index contributed by atoms with van der Waals surface area (Å²) in [7, 11) is 0. The maximum Gasteiger partial charge on any atom is 0.410 e. The van der Waals surface area contributed by atoms with Gasteiger partial charge in [0.25, 0.3) is 0 Å². The van der Waals surface area contributed by atoms with E-state index in [-0.39, 0.29) is 12.5 Å². The number of aliphatic carboxylic acids is 1. The molecular formula is C26H23NO4. The molecule has 1 amide bonds. The van der Waals surface area contributed by atoms with Gasteiger partial charge in [-0.25, -0.2) is 4.79 Å². The third-order valence-electron chi connectivity index (χ3n) is 6.43. The number of rotatable bonds is 4. The number of benzene rings is 3. The van der Waals surface area contributed by atoms with Gasteiger partial charge in [-0.1, -0.05) is 78.9 Å². The molecule has 2 atom stereocenters. The summed E-state index contributed by atoms with van der Waals surface area (Å²) in [6, 6.07) is 25.2. The van der Waals surface area contributed by atoms with E-state index in [1.165, 1.54) is 11.1 Å². The minimum Gasteiger partial charge on any atom is -0.481 e. The molecule has 1 fully saturated rings. The van der Waals surface area contributed by atoms with E-state index in [2.05, 4.69) is 24.3 Å². The van der Waals surface area contributed by atoms with Crippen LogP contribution in [-0.2, 0) is 9.53 Å². The SMILES string of the molecule is O=C(O)[C@H]1CCN(C(=O)OCC2c3ccccc3-c3ccccc32)[C@@H]1c1ccccc1. The van der Waals surface area contributed by atoms with Crippen molar-refractivity contribution >= 4 is 12.1 Å². The van der Waals surface area contributed by atoms with E-state index in [1.807, 2.05) is 54.6 Å². The number of likely N-dealkylation sites (tertiary alicyclic amines) is 1. The fraction of sp³-hybridized carbons (Fsp3) is 0.231. The lowest BCUT2D eigenvalue weighted by Gasteiger charge is -2.27. The minimum atomic E-state index is -0.886. The lowest BCUT2D eigenvalue weighted by molar-refractivity contribution is -0.142. The number of fused-ring (bicyclic) bond motifs is 3. The largest absolute Gasteiger partial charge is 0.481 e. The number of amides is 1. The van der Waals surface area contributed by atoms with Crippen LogP contribution in [0.1, 0.15) is 35.1 Å². The Morgan fingerprint density at radius 3 is 2.06 bits per heavy atom. The lowest BCUT2D eigenvalue weighted by Crippen LogP contribution is -2.34. The summed E-state index contributed by atoms with van der Waals surface area (Å²) in [4.78, 5) is 26.5. The highest BCUT2D eigenvalue weighted by molar-refractivity contribution is 5.79. The molecule has 156 valence electrons. The van der Waals surface area contributed by atoms with Crippen LogP contribution >= 0.6 is 0 Å². The van der Waals surface area contributed by atoms with E-state index in [1.54, 1.807) is 4.90 Å². The number of carboxylic acid groups (broad SMARTS) is 1. The number of hydrogen-bond donors (Lipinski definition) is 1. The van der Waals surface area contributed by atoms with E-state index in [9.17, 15) is 14.7 Å². The molecule has 0 unspecified atom stereocenters. The van der Waals surface area contributed by atoms with Crippen LogP contribution < -0.4 is 0 Å². The van der Waals surface area contributed by atoms with Gasteiger partial charge in [0.2, 0.25) is 0 Å². The number of carboxylic acids is 1. The molecule has 3 aromatic carbocycles. The molecule has 1 aliphatic heterocycles. The van der Waals surface area contributed by atoms with Crippen molar-refractivity contribution < 1.29 is 19.4 Å². The van der Waals surface area contributed by atoms with Crippen molar-refractivity contribution in [1.29, 1.82) is 0 Å². The zero-order chi connectivity index (χ0) is 21.4.